The lowest BCUT2D eigenvalue weighted by molar-refractivity contribution is 0.435. The maximum absolute atomic E-state index is 7.09. The van der Waals surface area contributed by atoms with Crippen LogP contribution in [0, 0.1) is 0 Å². The van der Waals surface area contributed by atoms with Gasteiger partial charge in [-0.3, -0.25) is 0 Å². The van der Waals surface area contributed by atoms with E-state index in [0.29, 0.717) is 34.9 Å². The zero-order chi connectivity index (χ0) is 79.0. The predicted molar refractivity (Wildman–Crippen MR) is 481 cm³/mol. The Morgan fingerprint density at radius 1 is 0.183 bits per heavy atom. The van der Waals surface area contributed by atoms with Crippen LogP contribution in [0.5, 0.6) is 23.0 Å². The van der Waals surface area contributed by atoms with Crippen molar-refractivity contribution in [3.63, 3.8) is 0 Å². The van der Waals surface area contributed by atoms with E-state index in [-0.39, 0.29) is 0 Å². The summed E-state index contributed by atoms with van der Waals surface area (Å²) in [6.45, 7) is 0. The van der Waals surface area contributed by atoms with Gasteiger partial charge < -0.3 is 18.6 Å². The third-order valence-corrected chi connectivity index (χ3v) is 24.7. The van der Waals surface area contributed by atoms with Gasteiger partial charge in [-0.1, -0.05) is 376 Å². The highest BCUT2D eigenvalue weighted by molar-refractivity contribution is 6.14. The van der Waals surface area contributed by atoms with Crippen molar-refractivity contribution >= 4 is 43.6 Å². The van der Waals surface area contributed by atoms with Crippen LogP contribution in [-0.4, -0.2) is 39.0 Å². The zero-order valence-electron chi connectivity index (χ0n) is 64.7. The second-order valence-electron chi connectivity index (χ2n) is 31.0. The third-order valence-electron chi connectivity index (χ3n) is 24.7. The summed E-state index contributed by atoms with van der Waals surface area (Å²) in [6.07, 6.45) is 0. The first kappa shape index (κ1) is 68.4. The predicted octanol–water partition coefficient (Wildman–Crippen LogP) is 26.5. The fraction of sp³-hybridized carbons (Fsp3) is 0.0182. The van der Waals surface area contributed by atoms with E-state index in [1.165, 1.54) is 82.8 Å². The van der Waals surface area contributed by atoms with E-state index < -0.39 is 10.8 Å². The number of fused-ring (bicyclic) bond motifs is 22. The molecule has 0 radical (unpaired) electrons. The van der Waals surface area contributed by atoms with Crippen molar-refractivity contribution < 1.29 is 9.47 Å². The van der Waals surface area contributed by atoms with Crippen molar-refractivity contribution in [2.75, 3.05) is 0 Å². The van der Waals surface area contributed by atoms with Gasteiger partial charge in [0.05, 0.1) is 44.3 Å². The molecule has 0 amide bonds. The van der Waals surface area contributed by atoms with Crippen LogP contribution in [0.4, 0.5) is 0 Å². The fourth-order valence-electron chi connectivity index (χ4n) is 19.5. The summed E-state index contributed by atoms with van der Waals surface area (Å²) in [5.74, 6) is 7.19. The van der Waals surface area contributed by atoms with Crippen LogP contribution in [0.15, 0.2) is 413 Å². The minimum absolute atomic E-state index is 0.610. The van der Waals surface area contributed by atoms with E-state index in [2.05, 4.69) is 325 Å². The molecule has 10 heteroatoms. The van der Waals surface area contributed by atoms with Gasteiger partial charge in [-0.25, -0.2) is 29.9 Å². The van der Waals surface area contributed by atoms with Crippen LogP contribution >= 0.6 is 0 Å². The zero-order valence-corrected chi connectivity index (χ0v) is 64.7. The smallest absolute Gasteiger partial charge is 0.164 e. The molecule has 120 heavy (non-hydrogen) atoms. The Kier molecular flexibility index (Phi) is 15.6. The number of ether oxygens (including phenoxy) is 2. The van der Waals surface area contributed by atoms with Crippen LogP contribution in [0.25, 0.3) is 157 Å². The average Bonchev–Trinajstić information content (AvgIpc) is 1.29. The SMILES string of the molecule is c1ccc(-c2ccc(-c3nc(-c4ccccc4)nc(-c4ccc(-c5cccc6c5Oc5ccccc5C65c6ccccc6-n6c7ccccc7c7cccc5c76)cc4)n3)cc2)cc1.c1ccc(-c2nc(-c3ccccc3)nc(-c3ccc(-c4cccc5c4Oc4ccccc4C54c5ccccc5-n5c6ccccc6c6cccc4c65)cc3)n2)cc1. The first-order valence-corrected chi connectivity index (χ1v) is 40.6. The number of nitrogens with zero attached hydrogens (tertiary/aromatic N) is 8. The molecule has 10 nitrogen and oxygen atoms in total. The van der Waals surface area contributed by atoms with Crippen LogP contribution < -0.4 is 9.47 Å². The van der Waals surface area contributed by atoms with Crippen molar-refractivity contribution in [2.24, 2.45) is 0 Å². The van der Waals surface area contributed by atoms with E-state index >= 15 is 0 Å². The Labute approximate surface area is 691 Å². The minimum Gasteiger partial charge on any atom is -0.456 e. The summed E-state index contributed by atoms with van der Waals surface area (Å²) < 4.78 is 19.1. The van der Waals surface area contributed by atoms with Crippen molar-refractivity contribution in [3.05, 3.63) is 457 Å². The number of para-hydroxylation sites is 10. The Hall–Kier alpha value is -16.0. The monoisotopic (exact) mass is 1530 g/mol. The van der Waals surface area contributed by atoms with Gasteiger partial charge in [0.1, 0.15) is 23.0 Å². The van der Waals surface area contributed by atoms with Crippen molar-refractivity contribution in [3.8, 4) is 136 Å². The van der Waals surface area contributed by atoms with Gasteiger partial charge in [0, 0.05) is 88.3 Å². The third kappa shape index (κ3) is 10.4. The Morgan fingerprint density at radius 3 is 0.825 bits per heavy atom. The van der Waals surface area contributed by atoms with Gasteiger partial charge in [-0.05, 0) is 80.9 Å². The molecule has 0 fully saturated rings. The summed E-state index contributed by atoms with van der Waals surface area (Å²) >= 11 is 0. The van der Waals surface area contributed by atoms with E-state index in [1.54, 1.807) is 0 Å². The molecule has 0 bridgehead atoms. The van der Waals surface area contributed by atoms with E-state index in [9.17, 15) is 0 Å². The van der Waals surface area contributed by atoms with Crippen LogP contribution in [-0.2, 0) is 10.8 Å². The Balaban J connectivity index is 0.000000137. The molecule has 2 atom stereocenters. The molecule has 4 aromatic heterocycles. The summed E-state index contributed by atoms with van der Waals surface area (Å²) in [6, 6.07) is 146. The van der Waals surface area contributed by atoms with E-state index in [1.807, 2.05) is 97.1 Å². The van der Waals surface area contributed by atoms with Crippen LogP contribution in [0.3, 0.4) is 0 Å². The standard InChI is InChI=1S/C58H36N4O.C52H32N4O/c1-3-15-37(16-4-1)38-29-33-41(34-30-38)56-59-55(40-17-5-2-6-18-40)60-57(61-56)42-35-31-39(32-36-42)43-20-13-25-49-54(43)63-52-28-12-9-23-47(52)58(49)46-22-8-11-27-51(46)62-50-26-10-7-19-44(50)45-21-14-24-48(58)53(45)62;1-3-15-34(16-4-1)49-53-50(35-17-5-2-6-18-35)55-51(54-49)36-31-29-33(30-32-36)37-20-13-25-43-48(37)57-46-28-12-9-23-41(46)52(43)40-22-8-11-27-45(40)56-44-26-10-7-19-38(44)39-21-14-24-42(52)47(39)56/h1-36H;1-32H. The maximum atomic E-state index is 7.09. The number of aromatic nitrogens is 8. The normalized spacial score (nSPS) is 14.7. The van der Waals surface area contributed by atoms with Crippen molar-refractivity contribution in [1.29, 1.82) is 0 Å². The molecule has 560 valence electrons. The van der Waals surface area contributed by atoms with Crippen LogP contribution in [0.2, 0.25) is 0 Å². The molecule has 0 N–H and O–H groups in total. The summed E-state index contributed by atoms with van der Waals surface area (Å²) in [7, 11) is 0. The molecular formula is C110H68N8O2. The molecule has 2 unspecified atom stereocenters. The van der Waals surface area contributed by atoms with Gasteiger partial charge in [-0.15, -0.1) is 0 Å². The number of hydrogen-bond acceptors (Lipinski definition) is 8. The number of benzene rings is 17. The summed E-state index contributed by atoms with van der Waals surface area (Å²) in [4.78, 5) is 30.0. The van der Waals surface area contributed by atoms with Gasteiger partial charge >= 0.3 is 0 Å². The van der Waals surface area contributed by atoms with E-state index in [0.717, 1.165) is 106 Å². The largest absolute Gasteiger partial charge is 0.456 e. The van der Waals surface area contributed by atoms with Crippen molar-refractivity contribution in [1.82, 2.24) is 39.0 Å². The first-order chi connectivity index (χ1) is 59.5. The molecule has 4 aliphatic rings. The molecule has 25 rings (SSSR count). The van der Waals surface area contributed by atoms with Gasteiger partial charge in [0.25, 0.3) is 0 Å². The lowest BCUT2D eigenvalue weighted by Gasteiger charge is -2.45. The molecule has 0 saturated heterocycles. The highest BCUT2D eigenvalue weighted by Gasteiger charge is 2.53. The van der Waals surface area contributed by atoms with Gasteiger partial charge in [-0.2, -0.15) is 0 Å². The Bertz CT molecular complexity index is 7640. The first-order valence-electron chi connectivity index (χ1n) is 40.6. The highest BCUT2D eigenvalue weighted by Crippen LogP contribution is 2.64. The lowest BCUT2D eigenvalue weighted by Crippen LogP contribution is -2.37. The van der Waals surface area contributed by atoms with E-state index in [4.69, 9.17) is 39.4 Å². The summed E-state index contributed by atoms with van der Waals surface area (Å²) in [5, 5.41) is 4.99. The van der Waals surface area contributed by atoms with Crippen LogP contribution in [0.1, 0.15) is 44.5 Å². The molecule has 2 spiro atoms. The second-order valence-corrected chi connectivity index (χ2v) is 31.0. The molecule has 4 aliphatic heterocycles. The van der Waals surface area contributed by atoms with Gasteiger partial charge in [0.15, 0.2) is 34.9 Å². The minimum atomic E-state index is -0.644. The second kappa shape index (κ2) is 27.3. The summed E-state index contributed by atoms with van der Waals surface area (Å²) in [5.41, 5.74) is 27.4. The van der Waals surface area contributed by atoms with Crippen molar-refractivity contribution in [2.45, 2.75) is 10.8 Å². The molecule has 0 aliphatic carbocycles. The molecule has 8 heterocycles. The molecular weight excluding hydrogens is 1470 g/mol. The highest BCUT2D eigenvalue weighted by atomic mass is 16.5. The van der Waals surface area contributed by atoms with Gasteiger partial charge in [0.2, 0.25) is 0 Å². The number of hydrogen-bond donors (Lipinski definition) is 0. The fourth-order valence-corrected chi connectivity index (χ4v) is 19.5. The number of rotatable bonds is 9. The molecule has 0 saturated carbocycles. The molecule has 21 aromatic rings. The molecule has 17 aromatic carbocycles. The lowest BCUT2D eigenvalue weighted by atomic mass is 9.61. The maximum Gasteiger partial charge on any atom is 0.164 e. The Morgan fingerprint density at radius 2 is 0.442 bits per heavy atom. The topological polar surface area (TPSA) is 106 Å². The quantitative estimate of drug-likeness (QED) is 0.141. The average molecular weight is 1530 g/mol.